The normalized spacial score (nSPS) is 23.8. The van der Waals surface area contributed by atoms with Crippen molar-refractivity contribution in [2.24, 2.45) is 22.2 Å². The Morgan fingerprint density at radius 2 is 1.86 bits per heavy atom. The van der Waals surface area contributed by atoms with Crippen LogP contribution < -0.4 is 15.4 Å². The van der Waals surface area contributed by atoms with Crippen molar-refractivity contribution in [3.8, 4) is 0 Å². The molecule has 0 aromatic carbocycles. The van der Waals surface area contributed by atoms with Crippen LogP contribution in [0.15, 0.2) is 4.99 Å². The molecule has 2 rings (SSSR count). The van der Waals surface area contributed by atoms with E-state index in [0.717, 1.165) is 38.8 Å². The molecule has 0 aromatic heterocycles. The van der Waals surface area contributed by atoms with Gasteiger partial charge in [-0.25, -0.2) is 13.1 Å². The molecule has 0 bridgehead atoms. The van der Waals surface area contributed by atoms with Crippen LogP contribution in [0, 0.1) is 17.3 Å². The number of hydrogen-bond acceptors (Lipinski definition) is 4. The van der Waals surface area contributed by atoms with E-state index >= 15 is 0 Å². The van der Waals surface area contributed by atoms with Crippen molar-refractivity contribution in [2.45, 2.75) is 65.9 Å². The van der Waals surface area contributed by atoms with E-state index in [-0.39, 0.29) is 41.2 Å². The number of nitrogens with one attached hydrogen (secondary N) is 3. The molecule has 2 aliphatic rings. The Bertz CT molecular complexity index is 603. The number of hydrogen-bond donors (Lipinski definition) is 3. The first-order valence-corrected chi connectivity index (χ1v) is 12.5. The second kappa shape index (κ2) is 12.7. The van der Waals surface area contributed by atoms with E-state index in [1.54, 1.807) is 0 Å². The molecule has 172 valence electrons. The molecule has 0 radical (unpaired) electrons. The first-order chi connectivity index (χ1) is 13.2. The van der Waals surface area contributed by atoms with E-state index < -0.39 is 10.0 Å². The number of ether oxygens (including phenoxy) is 1. The Kier molecular flexibility index (Phi) is 11.7. The predicted molar refractivity (Wildman–Crippen MR) is 130 cm³/mol. The predicted octanol–water partition coefficient (Wildman–Crippen LogP) is 2.72. The number of aliphatic imine (C=N–C) groups is 1. The topological polar surface area (TPSA) is 91.8 Å². The Balaban J connectivity index is 0.00000420. The van der Waals surface area contributed by atoms with Gasteiger partial charge in [-0.05, 0) is 43.9 Å². The maximum atomic E-state index is 12.1. The van der Waals surface area contributed by atoms with Crippen LogP contribution in [0.4, 0.5) is 0 Å². The summed E-state index contributed by atoms with van der Waals surface area (Å²) in [6.45, 7) is 11.8. The van der Waals surface area contributed by atoms with Gasteiger partial charge in [0.25, 0.3) is 0 Å². The SMILES string of the molecule is CCNC(=NCC1CCCOC1C(C)(C)C)NCCS(=O)(=O)NCC1CCC1.I. The molecule has 9 heteroatoms. The number of sulfonamides is 1. The largest absolute Gasteiger partial charge is 0.377 e. The van der Waals surface area contributed by atoms with Crippen LogP contribution in [-0.2, 0) is 14.8 Å². The summed E-state index contributed by atoms with van der Waals surface area (Å²) in [6.07, 6.45) is 5.88. The molecule has 0 spiro atoms. The van der Waals surface area contributed by atoms with Crippen molar-refractivity contribution < 1.29 is 13.2 Å². The molecule has 0 amide bonds. The zero-order chi connectivity index (χ0) is 20.6. The molecule has 1 saturated heterocycles. The number of guanidine groups is 1. The quantitative estimate of drug-likeness (QED) is 0.236. The zero-order valence-corrected chi connectivity index (χ0v) is 21.6. The van der Waals surface area contributed by atoms with Crippen LogP contribution in [-0.4, -0.2) is 59.0 Å². The van der Waals surface area contributed by atoms with Crippen molar-refractivity contribution in [1.29, 1.82) is 0 Å². The summed E-state index contributed by atoms with van der Waals surface area (Å²) < 4.78 is 33.1. The average molecular weight is 545 g/mol. The van der Waals surface area contributed by atoms with Gasteiger partial charge in [0.15, 0.2) is 5.96 Å². The summed E-state index contributed by atoms with van der Waals surface area (Å²) in [5.74, 6) is 1.64. The summed E-state index contributed by atoms with van der Waals surface area (Å²) in [5, 5.41) is 6.38. The average Bonchev–Trinajstić information content (AvgIpc) is 2.57. The van der Waals surface area contributed by atoms with Crippen molar-refractivity contribution in [3.05, 3.63) is 0 Å². The standard InChI is InChI=1S/C20H40N4O3S.HI/c1-5-21-19(22-11-13-28(25,26)24-14-16-8-6-9-16)23-15-17-10-7-12-27-18(17)20(2,3)4;/h16-18,24H,5-15H2,1-4H3,(H2,21,22,23);1H. The fourth-order valence-electron chi connectivity index (χ4n) is 3.86. The summed E-state index contributed by atoms with van der Waals surface area (Å²) in [5.41, 5.74) is 0.0898. The Morgan fingerprint density at radius 3 is 2.45 bits per heavy atom. The highest BCUT2D eigenvalue weighted by atomic mass is 127. The minimum absolute atomic E-state index is 0. The van der Waals surface area contributed by atoms with Gasteiger partial charge >= 0.3 is 0 Å². The van der Waals surface area contributed by atoms with Crippen molar-refractivity contribution in [1.82, 2.24) is 15.4 Å². The fourth-order valence-corrected chi connectivity index (χ4v) is 4.86. The van der Waals surface area contributed by atoms with E-state index in [9.17, 15) is 8.42 Å². The smallest absolute Gasteiger partial charge is 0.213 e. The van der Waals surface area contributed by atoms with Crippen LogP contribution in [0.2, 0.25) is 0 Å². The molecule has 1 saturated carbocycles. The van der Waals surface area contributed by atoms with Gasteiger partial charge in [-0.3, -0.25) is 4.99 Å². The van der Waals surface area contributed by atoms with Crippen LogP contribution in [0.25, 0.3) is 0 Å². The van der Waals surface area contributed by atoms with E-state index in [1.165, 1.54) is 6.42 Å². The van der Waals surface area contributed by atoms with Crippen LogP contribution in [0.3, 0.4) is 0 Å². The van der Waals surface area contributed by atoms with Gasteiger partial charge in [0, 0.05) is 38.7 Å². The van der Waals surface area contributed by atoms with E-state index in [0.29, 0.717) is 37.4 Å². The van der Waals surface area contributed by atoms with Gasteiger partial charge < -0.3 is 15.4 Å². The second-order valence-corrected chi connectivity index (χ2v) is 11.1. The zero-order valence-electron chi connectivity index (χ0n) is 18.5. The highest BCUT2D eigenvalue weighted by Gasteiger charge is 2.35. The maximum Gasteiger partial charge on any atom is 0.213 e. The van der Waals surface area contributed by atoms with Crippen LogP contribution in [0.1, 0.15) is 59.8 Å². The van der Waals surface area contributed by atoms with Gasteiger partial charge in [-0.1, -0.05) is 27.2 Å². The lowest BCUT2D eigenvalue weighted by Gasteiger charge is -2.39. The first-order valence-electron chi connectivity index (χ1n) is 10.8. The first kappa shape index (κ1) is 26.9. The molecule has 0 aromatic rings. The molecule has 2 atom stereocenters. The van der Waals surface area contributed by atoms with E-state index in [2.05, 4.69) is 36.1 Å². The fraction of sp³-hybridized carbons (Fsp3) is 0.950. The van der Waals surface area contributed by atoms with Gasteiger partial charge in [0.1, 0.15) is 0 Å². The summed E-state index contributed by atoms with van der Waals surface area (Å²) in [7, 11) is -3.24. The van der Waals surface area contributed by atoms with Crippen molar-refractivity contribution in [2.75, 3.05) is 38.5 Å². The Hall–Kier alpha value is -0.130. The van der Waals surface area contributed by atoms with Crippen molar-refractivity contribution in [3.63, 3.8) is 0 Å². The van der Waals surface area contributed by atoms with Gasteiger partial charge in [-0.2, -0.15) is 0 Å². The van der Waals surface area contributed by atoms with Crippen molar-refractivity contribution >= 4 is 40.0 Å². The van der Waals surface area contributed by atoms with Gasteiger partial charge in [0.05, 0.1) is 11.9 Å². The van der Waals surface area contributed by atoms with Crippen LogP contribution in [0.5, 0.6) is 0 Å². The monoisotopic (exact) mass is 544 g/mol. The molecule has 2 fully saturated rings. The summed E-state index contributed by atoms with van der Waals surface area (Å²) in [4.78, 5) is 4.72. The lowest BCUT2D eigenvalue weighted by molar-refractivity contribution is -0.0823. The summed E-state index contributed by atoms with van der Waals surface area (Å²) >= 11 is 0. The lowest BCUT2D eigenvalue weighted by Crippen LogP contribution is -2.44. The second-order valence-electron chi connectivity index (χ2n) is 9.17. The molecular weight excluding hydrogens is 503 g/mol. The third kappa shape index (κ3) is 9.69. The minimum Gasteiger partial charge on any atom is -0.377 e. The summed E-state index contributed by atoms with van der Waals surface area (Å²) in [6, 6.07) is 0. The van der Waals surface area contributed by atoms with Crippen LogP contribution >= 0.6 is 24.0 Å². The third-order valence-electron chi connectivity index (χ3n) is 5.61. The Labute approximate surface area is 194 Å². The molecule has 3 N–H and O–H groups in total. The molecule has 1 aliphatic carbocycles. The number of nitrogens with zero attached hydrogens (tertiary/aromatic N) is 1. The van der Waals surface area contributed by atoms with Gasteiger partial charge in [0.2, 0.25) is 10.0 Å². The molecule has 2 unspecified atom stereocenters. The lowest BCUT2D eigenvalue weighted by atomic mass is 9.78. The molecule has 1 aliphatic heterocycles. The molecule has 29 heavy (non-hydrogen) atoms. The molecular formula is C20H41IN4O3S. The number of halogens is 1. The number of rotatable bonds is 9. The molecule has 1 heterocycles. The van der Waals surface area contributed by atoms with E-state index in [1.807, 2.05) is 6.92 Å². The Morgan fingerprint density at radius 1 is 1.14 bits per heavy atom. The maximum absolute atomic E-state index is 12.1. The van der Waals surface area contributed by atoms with E-state index in [4.69, 9.17) is 9.73 Å². The van der Waals surface area contributed by atoms with Gasteiger partial charge in [-0.15, -0.1) is 24.0 Å². The minimum atomic E-state index is -3.24. The third-order valence-corrected chi connectivity index (χ3v) is 6.95. The molecule has 7 nitrogen and oxygen atoms in total. The highest BCUT2D eigenvalue weighted by molar-refractivity contribution is 14.0. The highest BCUT2D eigenvalue weighted by Crippen LogP contribution is 2.34.